The second-order valence-electron chi connectivity index (χ2n) is 3.87. The van der Waals surface area contributed by atoms with Gasteiger partial charge in [0.25, 0.3) is 0 Å². The van der Waals surface area contributed by atoms with Gasteiger partial charge in [0.2, 0.25) is 0 Å². The molecule has 13 heavy (non-hydrogen) atoms. The van der Waals surface area contributed by atoms with E-state index in [-0.39, 0.29) is 0 Å². The molecular weight excluding hydrogens is 162 g/mol. The Kier molecular flexibility index (Phi) is 3.46. The summed E-state index contributed by atoms with van der Waals surface area (Å²) in [5, 5.41) is 4.30. The Morgan fingerprint density at radius 3 is 2.62 bits per heavy atom. The lowest BCUT2D eigenvalue weighted by Gasteiger charge is -2.15. The van der Waals surface area contributed by atoms with Crippen molar-refractivity contribution in [2.75, 3.05) is 0 Å². The van der Waals surface area contributed by atoms with Crippen molar-refractivity contribution in [1.29, 1.82) is 0 Å². The summed E-state index contributed by atoms with van der Waals surface area (Å²) in [6, 6.07) is 0.469. The van der Waals surface area contributed by atoms with Crippen molar-refractivity contribution in [2.24, 2.45) is 5.92 Å². The first-order valence-corrected chi connectivity index (χ1v) is 5.01. The third kappa shape index (κ3) is 2.83. The summed E-state index contributed by atoms with van der Waals surface area (Å²) in [5.74, 6) is 1.62. The number of aromatic nitrogens is 3. The zero-order valence-corrected chi connectivity index (χ0v) is 8.99. The third-order valence-corrected chi connectivity index (χ3v) is 2.52. The highest BCUT2D eigenvalue weighted by Crippen LogP contribution is 2.17. The van der Waals surface area contributed by atoms with E-state index >= 15 is 0 Å². The van der Waals surface area contributed by atoms with Gasteiger partial charge < -0.3 is 0 Å². The molecule has 0 spiro atoms. The van der Waals surface area contributed by atoms with Gasteiger partial charge in [0.15, 0.2) is 0 Å². The van der Waals surface area contributed by atoms with E-state index in [9.17, 15) is 0 Å². The number of hydrogen-bond donors (Lipinski definition) is 0. The predicted molar refractivity (Wildman–Crippen MR) is 53.5 cm³/mol. The number of nitrogens with zero attached hydrogens (tertiary/aromatic N) is 3. The summed E-state index contributed by atoms with van der Waals surface area (Å²) in [6.45, 7) is 8.62. The van der Waals surface area contributed by atoms with Crippen LogP contribution < -0.4 is 0 Å². The quantitative estimate of drug-likeness (QED) is 0.714. The van der Waals surface area contributed by atoms with E-state index in [1.54, 1.807) is 0 Å². The first kappa shape index (κ1) is 10.2. The predicted octanol–water partition coefficient (Wildman–Crippen LogP) is 2.58. The van der Waals surface area contributed by atoms with Crippen molar-refractivity contribution in [2.45, 2.75) is 46.6 Å². The third-order valence-electron chi connectivity index (χ3n) is 2.52. The molecule has 0 amide bonds. The van der Waals surface area contributed by atoms with Gasteiger partial charge in [-0.15, -0.1) is 0 Å². The van der Waals surface area contributed by atoms with Crippen molar-refractivity contribution in [3.05, 3.63) is 12.2 Å². The van der Waals surface area contributed by atoms with E-state index < -0.39 is 0 Å². The summed E-state index contributed by atoms with van der Waals surface area (Å²) < 4.78 is 1.96. The number of hydrogen-bond acceptors (Lipinski definition) is 2. The zero-order valence-electron chi connectivity index (χ0n) is 8.99. The Morgan fingerprint density at radius 2 is 2.15 bits per heavy atom. The van der Waals surface area contributed by atoms with Gasteiger partial charge in [-0.05, 0) is 26.2 Å². The summed E-state index contributed by atoms with van der Waals surface area (Å²) >= 11 is 0. The molecule has 0 saturated carbocycles. The smallest absolute Gasteiger partial charge is 0.147 e. The molecule has 1 aromatic heterocycles. The lowest BCUT2D eigenvalue weighted by atomic mass is 10.0. The zero-order chi connectivity index (χ0) is 9.84. The van der Waals surface area contributed by atoms with Gasteiger partial charge in [-0.3, -0.25) is 0 Å². The van der Waals surface area contributed by atoms with Crippen LogP contribution in [0.15, 0.2) is 6.33 Å². The highest BCUT2D eigenvalue weighted by atomic mass is 15.3. The van der Waals surface area contributed by atoms with E-state index in [1.165, 1.54) is 12.8 Å². The molecule has 1 heterocycles. The van der Waals surface area contributed by atoms with Crippen LogP contribution in [-0.4, -0.2) is 14.8 Å². The monoisotopic (exact) mass is 181 g/mol. The van der Waals surface area contributed by atoms with Gasteiger partial charge in [0, 0.05) is 0 Å². The van der Waals surface area contributed by atoms with Crippen molar-refractivity contribution >= 4 is 0 Å². The molecule has 0 N–H and O–H groups in total. The fourth-order valence-corrected chi connectivity index (χ4v) is 1.43. The lowest BCUT2D eigenvalue weighted by molar-refractivity contribution is 0.373. The highest BCUT2D eigenvalue weighted by Gasteiger charge is 2.09. The minimum Gasteiger partial charge on any atom is -0.250 e. The van der Waals surface area contributed by atoms with Crippen LogP contribution in [0.5, 0.6) is 0 Å². The largest absolute Gasteiger partial charge is 0.250 e. The van der Waals surface area contributed by atoms with Crippen molar-refractivity contribution < 1.29 is 0 Å². The minimum atomic E-state index is 0.469. The maximum atomic E-state index is 4.30. The van der Waals surface area contributed by atoms with Crippen molar-refractivity contribution in [1.82, 2.24) is 14.8 Å². The van der Waals surface area contributed by atoms with Crippen LogP contribution in [0.4, 0.5) is 0 Å². The van der Waals surface area contributed by atoms with Crippen LogP contribution in [-0.2, 0) is 0 Å². The van der Waals surface area contributed by atoms with Gasteiger partial charge in [-0.25, -0.2) is 9.67 Å². The first-order chi connectivity index (χ1) is 6.13. The molecule has 2 unspecified atom stereocenters. The van der Waals surface area contributed by atoms with Gasteiger partial charge in [0.1, 0.15) is 12.2 Å². The lowest BCUT2D eigenvalue weighted by Crippen LogP contribution is -2.09. The Labute approximate surface area is 80.2 Å². The van der Waals surface area contributed by atoms with Crippen LogP contribution >= 0.6 is 0 Å². The number of aryl methyl sites for hydroxylation is 1. The fourth-order valence-electron chi connectivity index (χ4n) is 1.43. The van der Waals surface area contributed by atoms with Crippen LogP contribution in [0.3, 0.4) is 0 Å². The molecule has 1 rings (SSSR count). The van der Waals surface area contributed by atoms with E-state index in [0.717, 1.165) is 11.7 Å². The summed E-state index contributed by atoms with van der Waals surface area (Å²) in [4.78, 5) is 4.12. The Morgan fingerprint density at radius 1 is 1.46 bits per heavy atom. The van der Waals surface area contributed by atoms with Gasteiger partial charge >= 0.3 is 0 Å². The second-order valence-corrected chi connectivity index (χ2v) is 3.87. The average Bonchev–Trinajstić information content (AvgIpc) is 2.51. The molecule has 3 heteroatoms. The molecule has 1 aromatic rings. The van der Waals surface area contributed by atoms with Gasteiger partial charge in [0.05, 0.1) is 6.04 Å². The van der Waals surface area contributed by atoms with E-state index in [2.05, 4.69) is 30.9 Å². The average molecular weight is 181 g/mol. The maximum Gasteiger partial charge on any atom is 0.147 e. The molecule has 0 bridgehead atoms. The molecule has 0 aromatic carbocycles. The van der Waals surface area contributed by atoms with Crippen molar-refractivity contribution in [3.8, 4) is 0 Å². The molecule has 0 radical (unpaired) electrons. The molecule has 2 atom stereocenters. The molecule has 0 aliphatic heterocycles. The molecule has 3 nitrogen and oxygen atoms in total. The normalized spacial score (nSPS) is 15.7. The van der Waals surface area contributed by atoms with Crippen LogP contribution in [0.1, 0.15) is 45.5 Å². The Bertz CT molecular complexity index is 254. The van der Waals surface area contributed by atoms with Crippen LogP contribution in [0.2, 0.25) is 0 Å². The molecule has 0 saturated heterocycles. The fraction of sp³-hybridized carbons (Fsp3) is 0.800. The summed E-state index contributed by atoms with van der Waals surface area (Å²) in [5.41, 5.74) is 0. The molecule has 0 aliphatic rings. The highest BCUT2D eigenvalue weighted by molar-refractivity contribution is 4.77. The Hall–Kier alpha value is -0.860. The Balaban J connectivity index is 2.53. The summed E-state index contributed by atoms with van der Waals surface area (Å²) in [7, 11) is 0. The van der Waals surface area contributed by atoms with Gasteiger partial charge in [-0.1, -0.05) is 20.3 Å². The van der Waals surface area contributed by atoms with Gasteiger partial charge in [-0.2, -0.15) is 5.10 Å². The van der Waals surface area contributed by atoms with Crippen molar-refractivity contribution in [3.63, 3.8) is 0 Å². The topological polar surface area (TPSA) is 30.7 Å². The van der Waals surface area contributed by atoms with E-state index in [4.69, 9.17) is 0 Å². The summed E-state index contributed by atoms with van der Waals surface area (Å²) in [6.07, 6.45) is 4.24. The molecule has 0 fully saturated rings. The number of rotatable bonds is 4. The maximum absolute atomic E-state index is 4.30. The first-order valence-electron chi connectivity index (χ1n) is 5.01. The van der Waals surface area contributed by atoms with Crippen LogP contribution in [0.25, 0.3) is 0 Å². The molecular formula is C10H19N3. The van der Waals surface area contributed by atoms with E-state index in [1.807, 2.05) is 17.9 Å². The SMILES string of the molecule is CCC(C)CC(C)n1cnc(C)n1. The minimum absolute atomic E-state index is 0.469. The molecule has 74 valence electrons. The van der Waals surface area contributed by atoms with Crippen LogP contribution in [0, 0.1) is 12.8 Å². The molecule has 0 aliphatic carbocycles. The van der Waals surface area contributed by atoms with E-state index in [0.29, 0.717) is 6.04 Å². The standard InChI is InChI=1S/C10H19N3/c1-5-8(2)6-9(3)13-7-11-10(4)12-13/h7-9H,5-6H2,1-4H3. The second kappa shape index (κ2) is 4.40.